The number of aromatic nitrogens is 3. The first-order valence-corrected chi connectivity index (χ1v) is 7.85. The molecule has 1 N–H and O–H groups in total. The van der Waals surface area contributed by atoms with Gasteiger partial charge in [0.15, 0.2) is 5.82 Å². The average Bonchev–Trinajstić information content (AvgIpc) is 3.13. The lowest BCUT2D eigenvalue weighted by atomic mass is 10.2. The van der Waals surface area contributed by atoms with Crippen LogP contribution in [0.15, 0.2) is 17.5 Å². The number of hydrogen-bond donors (Lipinski definition) is 1. The average molecular weight is 290 g/mol. The van der Waals surface area contributed by atoms with Crippen molar-refractivity contribution in [2.24, 2.45) is 0 Å². The maximum atomic E-state index is 12.0. The van der Waals surface area contributed by atoms with Gasteiger partial charge in [0.05, 0.1) is 6.04 Å². The van der Waals surface area contributed by atoms with Gasteiger partial charge in [-0.3, -0.25) is 4.79 Å². The molecule has 6 heteroatoms. The van der Waals surface area contributed by atoms with Crippen LogP contribution in [0.4, 0.5) is 0 Å². The van der Waals surface area contributed by atoms with Crippen molar-refractivity contribution in [2.45, 2.75) is 45.2 Å². The third-order valence-electron chi connectivity index (χ3n) is 3.58. The first-order valence-electron chi connectivity index (χ1n) is 6.98. The van der Waals surface area contributed by atoms with Crippen molar-refractivity contribution in [3.05, 3.63) is 34.0 Å². The molecule has 0 radical (unpaired) electrons. The highest BCUT2D eigenvalue weighted by Gasteiger charge is 2.22. The van der Waals surface area contributed by atoms with Crippen LogP contribution in [0.5, 0.6) is 0 Å². The summed E-state index contributed by atoms with van der Waals surface area (Å²) >= 11 is 1.69. The Bertz CT molecular complexity index is 590. The maximum Gasteiger partial charge on any atom is 0.220 e. The molecule has 0 fully saturated rings. The minimum absolute atomic E-state index is 0.0706. The van der Waals surface area contributed by atoms with E-state index in [2.05, 4.69) is 26.1 Å². The van der Waals surface area contributed by atoms with Gasteiger partial charge in [0.1, 0.15) is 5.82 Å². The molecule has 0 aromatic carbocycles. The van der Waals surface area contributed by atoms with Crippen molar-refractivity contribution in [3.8, 4) is 0 Å². The maximum absolute atomic E-state index is 12.0. The Hall–Kier alpha value is -1.69. The number of fused-ring (bicyclic) bond motifs is 1. The van der Waals surface area contributed by atoms with Gasteiger partial charge in [-0.05, 0) is 31.2 Å². The summed E-state index contributed by atoms with van der Waals surface area (Å²) in [7, 11) is 0. The molecular formula is C14H18N4OS. The van der Waals surface area contributed by atoms with Crippen LogP contribution in [-0.2, 0) is 24.2 Å². The van der Waals surface area contributed by atoms with E-state index in [0.29, 0.717) is 6.42 Å². The van der Waals surface area contributed by atoms with Gasteiger partial charge < -0.3 is 9.88 Å². The summed E-state index contributed by atoms with van der Waals surface area (Å²) < 4.78 is 2.13. The van der Waals surface area contributed by atoms with E-state index in [4.69, 9.17) is 0 Å². The molecule has 2 aromatic rings. The molecule has 0 saturated carbocycles. The summed E-state index contributed by atoms with van der Waals surface area (Å²) in [4.78, 5) is 13.2. The molecule has 2 aromatic heterocycles. The molecule has 1 amide bonds. The molecule has 1 aliphatic heterocycles. The van der Waals surface area contributed by atoms with Crippen molar-refractivity contribution in [3.63, 3.8) is 0 Å². The van der Waals surface area contributed by atoms with E-state index in [9.17, 15) is 4.79 Å². The minimum Gasteiger partial charge on any atom is -0.346 e. The number of carbonyl (C=O) groups is 1. The summed E-state index contributed by atoms with van der Waals surface area (Å²) in [6.45, 7) is 2.94. The fourth-order valence-corrected chi connectivity index (χ4v) is 3.27. The van der Waals surface area contributed by atoms with E-state index in [1.54, 1.807) is 11.3 Å². The van der Waals surface area contributed by atoms with Gasteiger partial charge in [0.25, 0.3) is 0 Å². The highest BCUT2D eigenvalue weighted by atomic mass is 32.1. The topological polar surface area (TPSA) is 59.8 Å². The normalized spacial score (nSPS) is 15.1. The predicted molar refractivity (Wildman–Crippen MR) is 77.5 cm³/mol. The Morgan fingerprint density at radius 3 is 3.25 bits per heavy atom. The zero-order chi connectivity index (χ0) is 13.9. The van der Waals surface area contributed by atoms with Gasteiger partial charge in [-0.2, -0.15) is 0 Å². The van der Waals surface area contributed by atoms with E-state index in [0.717, 1.165) is 37.5 Å². The first kappa shape index (κ1) is 13.3. The van der Waals surface area contributed by atoms with Crippen LogP contribution in [0.2, 0.25) is 0 Å². The third-order valence-corrected chi connectivity index (χ3v) is 4.52. The van der Waals surface area contributed by atoms with Crippen LogP contribution in [0.1, 0.15) is 42.3 Å². The molecule has 0 spiro atoms. The number of amides is 1. The number of nitrogens with zero attached hydrogens (tertiary/aromatic N) is 3. The second-order valence-electron chi connectivity index (χ2n) is 5.10. The molecule has 0 aliphatic carbocycles. The van der Waals surface area contributed by atoms with Gasteiger partial charge in [0, 0.05) is 24.3 Å². The monoisotopic (exact) mass is 290 g/mol. The molecule has 0 saturated heterocycles. The minimum atomic E-state index is -0.0785. The molecule has 0 unspecified atom stereocenters. The van der Waals surface area contributed by atoms with Crippen LogP contribution < -0.4 is 5.32 Å². The van der Waals surface area contributed by atoms with Gasteiger partial charge in [-0.25, -0.2) is 0 Å². The number of hydrogen-bond acceptors (Lipinski definition) is 4. The van der Waals surface area contributed by atoms with Gasteiger partial charge >= 0.3 is 0 Å². The molecule has 1 aliphatic rings. The standard InChI is InChI=1S/C14H18N4OS/c1-10(14-17-16-12-5-2-8-18(12)14)15-13(19)7-6-11-4-3-9-20-11/h3-4,9-10H,2,5-8H2,1H3,(H,15,19)/t10-/m1/s1. The van der Waals surface area contributed by atoms with Crippen molar-refractivity contribution in [1.82, 2.24) is 20.1 Å². The Balaban J connectivity index is 1.55. The van der Waals surface area contributed by atoms with Crippen molar-refractivity contribution in [2.75, 3.05) is 0 Å². The lowest BCUT2D eigenvalue weighted by molar-refractivity contribution is -0.121. The summed E-state index contributed by atoms with van der Waals surface area (Å²) in [5.41, 5.74) is 0. The molecule has 5 nitrogen and oxygen atoms in total. The first-order chi connectivity index (χ1) is 9.74. The van der Waals surface area contributed by atoms with E-state index in [1.807, 2.05) is 18.4 Å². The van der Waals surface area contributed by atoms with Crippen LogP contribution in [0.3, 0.4) is 0 Å². The van der Waals surface area contributed by atoms with Crippen LogP contribution >= 0.6 is 11.3 Å². The molecule has 106 valence electrons. The van der Waals surface area contributed by atoms with E-state index >= 15 is 0 Å². The third kappa shape index (κ3) is 2.75. The van der Waals surface area contributed by atoms with Gasteiger partial charge in [-0.1, -0.05) is 6.07 Å². The molecular weight excluding hydrogens is 272 g/mol. The number of aryl methyl sites for hydroxylation is 2. The lowest BCUT2D eigenvalue weighted by Crippen LogP contribution is -2.28. The molecule has 3 heterocycles. The van der Waals surface area contributed by atoms with E-state index in [-0.39, 0.29) is 11.9 Å². The molecule has 1 atom stereocenters. The second kappa shape index (κ2) is 5.75. The number of carbonyl (C=O) groups excluding carboxylic acids is 1. The van der Waals surface area contributed by atoms with Crippen LogP contribution in [-0.4, -0.2) is 20.7 Å². The van der Waals surface area contributed by atoms with Gasteiger partial charge in [0.2, 0.25) is 5.91 Å². The highest BCUT2D eigenvalue weighted by molar-refractivity contribution is 7.09. The predicted octanol–water partition coefficient (Wildman–Crippen LogP) is 2.10. The van der Waals surface area contributed by atoms with Crippen molar-refractivity contribution >= 4 is 17.2 Å². The highest BCUT2D eigenvalue weighted by Crippen LogP contribution is 2.19. The fourth-order valence-electron chi connectivity index (χ4n) is 2.56. The molecule has 3 rings (SSSR count). The van der Waals surface area contributed by atoms with E-state index < -0.39 is 0 Å². The number of nitrogens with one attached hydrogen (secondary N) is 1. The van der Waals surface area contributed by atoms with Crippen molar-refractivity contribution < 1.29 is 4.79 Å². The SMILES string of the molecule is C[C@@H](NC(=O)CCc1cccs1)c1nnc2n1CCC2. The zero-order valence-electron chi connectivity index (χ0n) is 11.5. The Morgan fingerprint density at radius 2 is 2.45 bits per heavy atom. The molecule has 20 heavy (non-hydrogen) atoms. The fraction of sp³-hybridized carbons (Fsp3) is 0.500. The second-order valence-corrected chi connectivity index (χ2v) is 6.13. The smallest absolute Gasteiger partial charge is 0.220 e. The quantitative estimate of drug-likeness (QED) is 0.917. The van der Waals surface area contributed by atoms with E-state index in [1.165, 1.54) is 4.88 Å². The van der Waals surface area contributed by atoms with Crippen LogP contribution in [0, 0.1) is 0 Å². The summed E-state index contributed by atoms with van der Waals surface area (Å²) in [5.74, 6) is 1.99. The van der Waals surface area contributed by atoms with Gasteiger partial charge in [-0.15, -0.1) is 21.5 Å². The summed E-state index contributed by atoms with van der Waals surface area (Å²) in [5, 5.41) is 13.4. The zero-order valence-corrected chi connectivity index (χ0v) is 12.3. The summed E-state index contributed by atoms with van der Waals surface area (Å²) in [6.07, 6.45) is 3.43. The number of thiophene rings is 1. The Kier molecular flexibility index (Phi) is 3.82. The van der Waals surface area contributed by atoms with Crippen LogP contribution in [0.25, 0.3) is 0 Å². The largest absolute Gasteiger partial charge is 0.346 e. The Labute approximate surface area is 122 Å². The Morgan fingerprint density at radius 1 is 1.55 bits per heavy atom. The number of rotatable bonds is 5. The lowest BCUT2D eigenvalue weighted by Gasteiger charge is -2.13. The van der Waals surface area contributed by atoms with Crippen molar-refractivity contribution in [1.29, 1.82) is 0 Å². The molecule has 0 bridgehead atoms. The summed E-state index contributed by atoms with van der Waals surface area (Å²) in [6, 6.07) is 4.00.